The molecule has 0 saturated heterocycles. The van der Waals surface area contributed by atoms with Gasteiger partial charge in [0.05, 0.1) is 6.10 Å². The molecule has 226 valence electrons. The van der Waals surface area contributed by atoms with Crippen LogP contribution in [-0.4, -0.2) is 51.6 Å². The molecule has 4 saturated carbocycles. The van der Waals surface area contributed by atoms with Crippen molar-refractivity contribution in [3.8, 4) is 0 Å². The van der Waals surface area contributed by atoms with Gasteiger partial charge in [-0.25, -0.2) is 18.4 Å². The quantitative estimate of drug-likeness (QED) is 0.391. The first kappa shape index (κ1) is 28.8. The highest BCUT2D eigenvalue weighted by atomic mass is 19.1. The Morgan fingerprint density at radius 3 is 2.34 bits per heavy atom. The Kier molecular flexibility index (Phi) is 5.91. The number of fused-ring (bicyclic) bond motifs is 7. The van der Waals surface area contributed by atoms with Gasteiger partial charge in [-0.15, -0.1) is 0 Å². The molecule has 2 N–H and O–H groups in total. The van der Waals surface area contributed by atoms with Crippen molar-refractivity contribution in [2.24, 2.45) is 45.3 Å². The first-order valence-electron chi connectivity index (χ1n) is 15.0. The fourth-order valence-corrected chi connectivity index (χ4v) is 10.8. The molecule has 41 heavy (non-hydrogen) atoms. The van der Waals surface area contributed by atoms with Crippen molar-refractivity contribution in [2.75, 3.05) is 0 Å². The summed E-state index contributed by atoms with van der Waals surface area (Å²) in [6, 6.07) is 0. The summed E-state index contributed by atoms with van der Waals surface area (Å²) in [6.45, 7) is 11.2. The summed E-state index contributed by atoms with van der Waals surface area (Å²) in [5, 5.41) is 22.3. The number of ketones is 1. The molecule has 0 aromatic rings. The average Bonchev–Trinajstić information content (AvgIpc) is 3.32. The predicted octanol–water partition coefficient (Wildman–Crippen LogP) is 6.09. The van der Waals surface area contributed by atoms with Crippen LogP contribution in [0, 0.1) is 45.3 Å². The van der Waals surface area contributed by atoms with E-state index < -0.39 is 70.0 Å². The van der Waals surface area contributed by atoms with Gasteiger partial charge in [0.25, 0.3) is 0 Å². The lowest BCUT2D eigenvalue weighted by Gasteiger charge is -2.61. The highest BCUT2D eigenvalue weighted by Crippen LogP contribution is 2.72. The highest BCUT2D eigenvalue weighted by Gasteiger charge is 2.78. The van der Waals surface area contributed by atoms with Crippen LogP contribution in [0.1, 0.15) is 86.5 Å². The average molecular weight is 577 g/mol. The molecule has 2 bridgehead atoms. The third kappa shape index (κ3) is 3.19. The van der Waals surface area contributed by atoms with Gasteiger partial charge < -0.3 is 19.7 Å². The fourth-order valence-electron chi connectivity index (χ4n) is 10.8. The van der Waals surface area contributed by atoms with E-state index in [1.54, 1.807) is 13.8 Å². The Bertz CT molecular complexity index is 1290. The Morgan fingerprint density at radius 1 is 1.07 bits per heavy atom. The number of alkyl halides is 1. The lowest BCUT2D eigenvalue weighted by molar-refractivity contribution is -0.227. The molecule has 0 heterocycles. The van der Waals surface area contributed by atoms with E-state index in [0.29, 0.717) is 12.3 Å². The number of aliphatic carboxylic acids is 1. The van der Waals surface area contributed by atoms with E-state index in [4.69, 9.17) is 9.47 Å². The summed E-state index contributed by atoms with van der Waals surface area (Å²) in [5.74, 6) is -4.47. The van der Waals surface area contributed by atoms with E-state index in [1.807, 2.05) is 0 Å². The maximum absolute atomic E-state index is 17.5. The lowest BCUT2D eigenvalue weighted by Crippen LogP contribution is -2.69. The van der Waals surface area contributed by atoms with Crippen LogP contribution in [-0.2, 0) is 19.1 Å². The summed E-state index contributed by atoms with van der Waals surface area (Å²) in [6.07, 6.45) is 1.31. The monoisotopic (exact) mass is 576 g/mol. The zero-order valence-electron chi connectivity index (χ0n) is 24.8. The number of rotatable bonds is 3. The molecule has 0 aromatic heterocycles. The topological polar surface area (TPSA) is 110 Å². The number of hydrogen-bond acceptors (Lipinski definition) is 6. The number of aliphatic hydroxyl groups excluding tert-OH is 1. The van der Waals surface area contributed by atoms with Crippen molar-refractivity contribution in [3.05, 3.63) is 23.6 Å². The van der Waals surface area contributed by atoms with E-state index >= 15 is 8.78 Å². The molecule has 0 spiro atoms. The maximum atomic E-state index is 17.5. The zero-order valence-corrected chi connectivity index (χ0v) is 24.8. The van der Waals surface area contributed by atoms with Crippen molar-refractivity contribution < 1.29 is 42.9 Å². The van der Waals surface area contributed by atoms with Gasteiger partial charge in [0.1, 0.15) is 11.9 Å². The molecule has 0 aliphatic heterocycles. The number of carboxylic acid groups (broad SMARTS) is 1. The Morgan fingerprint density at radius 2 is 1.76 bits per heavy atom. The fraction of sp³-hybridized carbons (Fsp3) is 0.781. The number of aliphatic hydroxyl groups is 1. The van der Waals surface area contributed by atoms with E-state index in [-0.39, 0.29) is 47.9 Å². The zero-order chi connectivity index (χ0) is 30.1. The van der Waals surface area contributed by atoms with Gasteiger partial charge in [-0.1, -0.05) is 40.7 Å². The van der Waals surface area contributed by atoms with Crippen molar-refractivity contribution >= 4 is 17.9 Å². The number of halogens is 2. The van der Waals surface area contributed by atoms with Crippen molar-refractivity contribution in [1.29, 1.82) is 0 Å². The van der Waals surface area contributed by atoms with E-state index in [0.717, 1.165) is 12.8 Å². The number of carbonyl (C=O) groups excluding carboxylic acids is 2. The second-order valence-corrected chi connectivity index (χ2v) is 15.1. The molecule has 11 atom stereocenters. The van der Waals surface area contributed by atoms with Crippen LogP contribution in [0.15, 0.2) is 23.6 Å². The van der Waals surface area contributed by atoms with Crippen LogP contribution in [0.3, 0.4) is 0 Å². The maximum Gasteiger partial charge on any atom is 0.509 e. The molecular formula is C32H42F2O7. The molecular weight excluding hydrogens is 534 g/mol. The molecule has 7 nitrogen and oxygen atoms in total. The molecule has 0 aromatic carbocycles. The van der Waals surface area contributed by atoms with E-state index in [1.165, 1.54) is 19.1 Å². The van der Waals surface area contributed by atoms with Crippen molar-refractivity contribution in [2.45, 2.75) is 110 Å². The van der Waals surface area contributed by atoms with Gasteiger partial charge in [0.15, 0.2) is 11.5 Å². The molecule has 6 rings (SSSR count). The summed E-state index contributed by atoms with van der Waals surface area (Å²) in [4.78, 5) is 38.7. The van der Waals surface area contributed by atoms with E-state index in [9.17, 15) is 24.6 Å². The molecule has 9 heteroatoms. The van der Waals surface area contributed by atoms with Crippen LogP contribution < -0.4 is 0 Å². The van der Waals surface area contributed by atoms with Gasteiger partial charge in [-0.05, 0) is 67.9 Å². The third-order valence-corrected chi connectivity index (χ3v) is 13.7. The van der Waals surface area contributed by atoms with Gasteiger partial charge in [0.2, 0.25) is 5.60 Å². The Balaban J connectivity index is 1.35. The highest BCUT2D eigenvalue weighted by molar-refractivity contribution is 5.93. The minimum Gasteiger partial charge on any atom is -0.478 e. The van der Waals surface area contributed by atoms with Crippen LogP contribution in [0.2, 0.25) is 0 Å². The van der Waals surface area contributed by atoms with Gasteiger partial charge in [-0.2, -0.15) is 0 Å². The van der Waals surface area contributed by atoms with Crippen LogP contribution >= 0.6 is 0 Å². The summed E-state index contributed by atoms with van der Waals surface area (Å²) < 4.78 is 44.9. The second-order valence-electron chi connectivity index (χ2n) is 15.1. The first-order chi connectivity index (χ1) is 18.9. The van der Waals surface area contributed by atoms with Crippen molar-refractivity contribution in [1.82, 2.24) is 0 Å². The third-order valence-electron chi connectivity index (χ3n) is 13.7. The molecule has 6 aliphatic carbocycles. The molecule has 4 fully saturated rings. The van der Waals surface area contributed by atoms with Crippen LogP contribution in [0.5, 0.6) is 0 Å². The van der Waals surface area contributed by atoms with Gasteiger partial charge in [-0.3, -0.25) is 4.79 Å². The second kappa shape index (κ2) is 8.42. The Labute approximate surface area is 239 Å². The Hall–Kier alpha value is -2.29. The largest absolute Gasteiger partial charge is 0.509 e. The first-order valence-corrected chi connectivity index (χ1v) is 15.0. The SMILES string of the molecule is C[C@@H]1C[C@H]2[C@@H]3CC(F)=C4CC(=O)C=C[C@]4(C)[C@@]3(F)[C@@H](O)C[C@]2(C)[C@@]1(OC(=O)O[C@@H]1C[C@H]2CC[C@]1(C)C2(C)C)C(=O)O. The molecule has 6 aliphatic rings. The van der Waals surface area contributed by atoms with E-state index in [2.05, 4.69) is 20.8 Å². The minimum absolute atomic E-state index is 0.0379. The predicted molar refractivity (Wildman–Crippen MR) is 144 cm³/mol. The molecule has 0 radical (unpaired) electrons. The summed E-state index contributed by atoms with van der Waals surface area (Å²) >= 11 is 0. The number of hydrogen-bond donors (Lipinski definition) is 2. The summed E-state index contributed by atoms with van der Waals surface area (Å²) in [7, 11) is 0. The van der Waals surface area contributed by atoms with Crippen molar-refractivity contribution in [3.63, 3.8) is 0 Å². The smallest absolute Gasteiger partial charge is 0.478 e. The number of ether oxygens (including phenoxy) is 2. The number of carboxylic acids is 1. The standard InChI is InChI=1S/C32H42F2O7/c1-16-11-19-20-14-22(33)21-13-18(35)8-10-28(21,4)31(20,34)23(36)15-30(19,6)32(16,25(37)38)41-26(39)40-24-12-17-7-9-29(24,5)27(17,2)3/h8,10,16-17,19-20,23-24,36H,7,9,11-15H2,1-6H3,(H,37,38)/t16-,17-,19+,20+,23+,24-,28+,29+,30+,31+,32+/m1/s1. The van der Waals surface area contributed by atoms with Crippen LogP contribution in [0.4, 0.5) is 13.6 Å². The lowest BCUT2D eigenvalue weighted by atomic mass is 9.45. The normalized spacial score (nSPS) is 51.2. The summed E-state index contributed by atoms with van der Waals surface area (Å²) in [5.41, 5.74) is -7.66. The van der Waals surface area contributed by atoms with Gasteiger partial charge >= 0.3 is 12.1 Å². The van der Waals surface area contributed by atoms with Gasteiger partial charge in [0, 0.05) is 40.9 Å². The molecule has 0 amide bonds. The van der Waals surface area contributed by atoms with Crippen LogP contribution in [0.25, 0.3) is 0 Å². The number of allylic oxidation sites excluding steroid dienone is 4. The molecule has 0 unspecified atom stereocenters. The number of carbonyl (C=O) groups is 3. The minimum atomic E-state index is -2.34.